The molecule has 0 aromatic carbocycles. The smallest absolute Gasteiger partial charge is 0.246 e. The standard InChI is InChI=1S/C35H52N6O7/c1-7-29(42)15-13-20-38(25-26-40(34(47)11-5)23-18-36-31(44)8-2)22-17-30(43)16-14-21-39(33(46)10-4)27-28-41(35(48)12-6)24-19-37-32(45)9-3/h7-12H,1-6,13-28H2,(H,36,44)(H,37,45). The second kappa shape index (κ2) is 26.2. The van der Waals surface area contributed by atoms with Crippen molar-refractivity contribution in [1.29, 1.82) is 0 Å². The summed E-state index contributed by atoms with van der Waals surface area (Å²) in [5.74, 6) is -1.79. The average Bonchev–Trinajstić information content (AvgIpc) is 3.10. The van der Waals surface area contributed by atoms with Crippen LogP contribution in [-0.4, -0.2) is 133 Å². The van der Waals surface area contributed by atoms with E-state index in [1.54, 1.807) is 4.90 Å². The van der Waals surface area contributed by atoms with Gasteiger partial charge in [0.1, 0.15) is 5.78 Å². The van der Waals surface area contributed by atoms with Crippen molar-refractivity contribution in [3.63, 3.8) is 0 Å². The maximum Gasteiger partial charge on any atom is 0.246 e. The molecular weight excluding hydrogens is 616 g/mol. The largest absolute Gasteiger partial charge is 0.351 e. The molecular formula is C35H52N6O7. The fourth-order valence-electron chi connectivity index (χ4n) is 4.45. The second-order valence-electron chi connectivity index (χ2n) is 10.6. The van der Waals surface area contributed by atoms with E-state index in [2.05, 4.69) is 50.1 Å². The van der Waals surface area contributed by atoms with Gasteiger partial charge in [0.25, 0.3) is 0 Å². The third kappa shape index (κ3) is 19.6. The Hall–Kier alpha value is -4.91. The van der Waals surface area contributed by atoms with E-state index in [1.807, 2.05) is 4.90 Å². The second-order valence-corrected chi connectivity index (χ2v) is 10.6. The zero-order valence-corrected chi connectivity index (χ0v) is 28.2. The summed E-state index contributed by atoms with van der Waals surface area (Å²) < 4.78 is 0. The maximum absolute atomic E-state index is 12.9. The van der Waals surface area contributed by atoms with Crippen molar-refractivity contribution in [2.75, 3.05) is 72.0 Å². The number of hydrogen-bond acceptors (Lipinski definition) is 8. The van der Waals surface area contributed by atoms with Crippen LogP contribution in [0.1, 0.15) is 32.1 Å². The van der Waals surface area contributed by atoms with Crippen LogP contribution in [0.25, 0.3) is 0 Å². The average molecular weight is 669 g/mol. The van der Waals surface area contributed by atoms with Gasteiger partial charge in [0.2, 0.25) is 29.5 Å². The molecule has 0 heterocycles. The van der Waals surface area contributed by atoms with Crippen LogP contribution in [-0.2, 0) is 33.6 Å². The molecule has 0 unspecified atom stereocenters. The summed E-state index contributed by atoms with van der Waals surface area (Å²) in [6.07, 6.45) is 8.79. The topological polar surface area (TPSA) is 157 Å². The van der Waals surface area contributed by atoms with E-state index < -0.39 is 0 Å². The first-order valence-electron chi connectivity index (χ1n) is 15.9. The van der Waals surface area contributed by atoms with Crippen molar-refractivity contribution >= 4 is 41.1 Å². The van der Waals surface area contributed by atoms with Gasteiger partial charge in [-0.15, -0.1) is 0 Å². The van der Waals surface area contributed by atoms with Crippen LogP contribution in [0.15, 0.2) is 75.9 Å². The SMILES string of the molecule is C=CC(=O)CCCN(CCC(=O)CCCN(CCN(CCNC(=O)C=C)C(=O)C=C)C(=O)C=C)CCN(CCNC(=O)C=C)C(=O)C=C. The highest BCUT2D eigenvalue weighted by Gasteiger charge is 2.17. The van der Waals surface area contributed by atoms with Crippen LogP contribution < -0.4 is 10.6 Å². The van der Waals surface area contributed by atoms with Crippen LogP contribution >= 0.6 is 0 Å². The fraction of sp³-hybridized carbons (Fsp3) is 0.457. The van der Waals surface area contributed by atoms with Gasteiger partial charge in [0.05, 0.1) is 0 Å². The lowest BCUT2D eigenvalue weighted by Crippen LogP contribution is -2.43. The Morgan fingerprint density at radius 3 is 1.31 bits per heavy atom. The number of carbonyl (C=O) groups excluding carboxylic acids is 7. The number of nitrogens with zero attached hydrogens (tertiary/aromatic N) is 4. The highest BCUT2D eigenvalue weighted by molar-refractivity contribution is 5.90. The molecule has 0 saturated heterocycles. The number of amides is 5. The molecule has 0 fully saturated rings. The molecule has 13 heteroatoms. The Balaban J connectivity index is 5.18. The Bertz CT molecular complexity index is 1180. The molecule has 13 nitrogen and oxygen atoms in total. The van der Waals surface area contributed by atoms with Gasteiger partial charge in [-0.3, -0.25) is 33.6 Å². The van der Waals surface area contributed by atoms with E-state index in [0.29, 0.717) is 45.4 Å². The molecule has 0 bridgehead atoms. The van der Waals surface area contributed by atoms with Crippen LogP contribution in [0.4, 0.5) is 0 Å². The van der Waals surface area contributed by atoms with Crippen molar-refractivity contribution in [2.24, 2.45) is 0 Å². The van der Waals surface area contributed by atoms with Gasteiger partial charge in [-0.25, -0.2) is 0 Å². The Labute approximate surface area is 284 Å². The number of hydrogen-bond donors (Lipinski definition) is 2. The van der Waals surface area contributed by atoms with Crippen LogP contribution in [0.2, 0.25) is 0 Å². The number of ketones is 2. The van der Waals surface area contributed by atoms with Crippen molar-refractivity contribution in [2.45, 2.75) is 32.1 Å². The molecule has 0 radical (unpaired) electrons. The number of nitrogens with one attached hydrogen (secondary N) is 2. The molecule has 0 atom stereocenters. The summed E-state index contributed by atoms with van der Waals surface area (Å²) in [4.78, 5) is 91.3. The molecule has 5 amide bonds. The summed E-state index contributed by atoms with van der Waals surface area (Å²) in [6.45, 7) is 24.1. The Morgan fingerprint density at radius 2 is 0.875 bits per heavy atom. The van der Waals surface area contributed by atoms with Gasteiger partial charge in [0.15, 0.2) is 5.78 Å². The van der Waals surface area contributed by atoms with Crippen molar-refractivity contribution in [3.05, 3.63) is 75.9 Å². The molecule has 0 aromatic rings. The Kier molecular flexibility index (Phi) is 23.5. The van der Waals surface area contributed by atoms with Gasteiger partial charge >= 0.3 is 0 Å². The highest BCUT2D eigenvalue weighted by Crippen LogP contribution is 2.06. The fourth-order valence-corrected chi connectivity index (χ4v) is 4.45. The third-order valence-corrected chi connectivity index (χ3v) is 7.23. The number of carbonyl (C=O) groups is 7. The Morgan fingerprint density at radius 1 is 0.438 bits per heavy atom. The highest BCUT2D eigenvalue weighted by atomic mass is 16.2. The van der Waals surface area contributed by atoms with Gasteiger partial charge < -0.3 is 30.2 Å². The molecule has 0 spiro atoms. The zero-order chi connectivity index (χ0) is 36.3. The number of Topliss-reactive ketones (excluding diaryl/α,β-unsaturated/α-hetero) is 1. The summed E-state index contributed by atoms with van der Waals surface area (Å²) in [6, 6.07) is 0. The van der Waals surface area contributed by atoms with E-state index in [9.17, 15) is 33.6 Å². The summed E-state index contributed by atoms with van der Waals surface area (Å²) in [5, 5.41) is 5.24. The summed E-state index contributed by atoms with van der Waals surface area (Å²) >= 11 is 0. The molecule has 0 rings (SSSR count). The van der Waals surface area contributed by atoms with Crippen molar-refractivity contribution < 1.29 is 33.6 Å². The first-order valence-corrected chi connectivity index (χ1v) is 15.9. The third-order valence-electron chi connectivity index (χ3n) is 7.23. The maximum atomic E-state index is 12.9. The summed E-state index contributed by atoms with van der Waals surface area (Å²) in [7, 11) is 0. The predicted molar refractivity (Wildman–Crippen MR) is 186 cm³/mol. The van der Waals surface area contributed by atoms with Crippen molar-refractivity contribution in [1.82, 2.24) is 30.2 Å². The minimum Gasteiger partial charge on any atom is -0.351 e. The molecule has 264 valence electrons. The van der Waals surface area contributed by atoms with E-state index >= 15 is 0 Å². The molecule has 0 aliphatic heterocycles. The minimum atomic E-state index is -0.365. The van der Waals surface area contributed by atoms with E-state index in [4.69, 9.17) is 0 Å². The first kappa shape index (κ1) is 43.1. The number of allylic oxidation sites excluding steroid dienone is 1. The predicted octanol–water partition coefficient (Wildman–Crippen LogP) is 1.21. The van der Waals surface area contributed by atoms with Gasteiger partial charge in [-0.05, 0) is 55.8 Å². The molecule has 0 aliphatic rings. The van der Waals surface area contributed by atoms with Crippen LogP contribution in [0.3, 0.4) is 0 Å². The van der Waals surface area contributed by atoms with E-state index in [1.165, 1.54) is 28.0 Å². The molecule has 0 saturated carbocycles. The molecule has 2 N–H and O–H groups in total. The summed E-state index contributed by atoms with van der Waals surface area (Å²) in [5.41, 5.74) is 0. The molecule has 48 heavy (non-hydrogen) atoms. The van der Waals surface area contributed by atoms with Gasteiger partial charge in [-0.2, -0.15) is 0 Å². The minimum absolute atomic E-state index is 0.0132. The molecule has 0 aliphatic carbocycles. The first-order chi connectivity index (χ1) is 22.9. The van der Waals surface area contributed by atoms with Gasteiger partial charge in [0, 0.05) is 84.7 Å². The normalized spacial score (nSPS) is 10.2. The monoisotopic (exact) mass is 668 g/mol. The van der Waals surface area contributed by atoms with E-state index in [-0.39, 0.29) is 99.8 Å². The lowest BCUT2D eigenvalue weighted by atomic mass is 10.1. The van der Waals surface area contributed by atoms with Gasteiger partial charge in [-0.1, -0.05) is 39.5 Å². The number of rotatable bonds is 29. The van der Waals surface area contributed by atoms with E-state index in [0.717, 1.165) is 18.2 Å². The van der Waals surface area contributed by atoms with Crippen molar-refractivity contribution in [3.8, 4) is 0 Å². The van der Waals surface area contributed by atoms with Crippen LogP contribution in [0.5, 0.6) is 0 Å². The molecule has 0 aromatic heterocycles. The lowest BCUT2D eigenvalue weighted by Gasteiger charge is -2.27. The van der Waals surface area contributed by atoms with Crippen LogP contribution in [0, 0.1) is 0 Å². The quantitative estimate of drug-likeness (QED) is 0.113. The lowest BCUT2D eigenvalue weighted by molar-refractivity contribution is -0.130. The zero-order valence-electron chi connectivity index (χ0n) is 28.2.